The van der Waals surface area contributed by atoms with Gasteiger partial charge in [0.1, 0.15) is 0 Å². The van der Waals surface area contributed by atoms with Gasteiger partial charge in [-0.05, 0) is 34.1 Å². The summed E-state index contributed by atoms with van der Waals surface area (Å²) in [6, 6.07) is 5.83. The summed E-state index contributed by atoms with van der Waals surface area (Å²) in [6.07, 6.45) is 1.93. The molecule has 15 heavy (non-hydrogen) atoms. The Bertz CT molecular complexity index is 486. The van der Waals surface area contributed by atoms with Crippen LogP contribution in [0.4, 0.5) is 0 Å². The smallest absolute Gasteiger partial charge is 0.176 e. The van der Waals surface area contributed by atoms with Crippen molar-refractivity contribution in [2.24, 2.45) is 0 Å². The maximum absolute atomic E-state index is 11.3. The Balaban J connectivity index is 2.24. The number of carbonyl (C=O) groups is 1. The van der Waals surface area contributed by atoms with Crippen molar-refractivity contribution >= 4 is 33.0 Å². The van der Waals surface area contributed by atoms with Crippen molar-refractivity contribution in [1.29, 1.82) is 0 Å². The Morgan fingerprint density at radius 1 is 1.60 bits per heavy atom. The highest BCUT2D eigenvalue weighted by Gasteiger charge is 2.06. The normalized spacial score (nSPS) is 10.5. The number of aromatic nitrogens is 1. The molecule has 2 aromatic rings. The van der Waals surface area contributed by atoms with Gasteiger partial charge < -0.3 is 4.57 Å². The number of Topliss-reactive ketones (excluding diaryl/α,β-unsaturated/α-hetero) is 1. The number of rotatable bonds is 3. The summed E-state index contributed by atoms with van der Waals surface area (Å²) in [7, 11) is 0. The summed E-state index contributed by atoms with van der Waals surface area (Å²) in [6.45, 7) is 2.36. The largest absolute Gasteiger partial charge is 0.340 e. The van der Waals surface area contributed by atoms with Gasteiger partial charge in [0.25, 0.3) is 0 Å². The van der Waals surface area contributed by atoms with E-state index < -0.39 is 0 Å². The lowest BCUT2D eigenvalue weighted by molar-refractivity contribution is 0.100. The van der Waals surface area contributed by atoms with Crippen LogP contribution in [0.3, 0.4) is 0 Å². The van der Waals surface area contributed by atoms with Gasteiger partial charge in [-0.15, -0.1) is 11.3 Å². The fraction of sp³-hybridized carbons (Fsp3) is 0.182. The van der Waals surface area contributed by atoms with Crippen molar-refractivity contribution in [3.63, 3.8) is 0 Å². The van der Waals surface area contributed by atoms with E-state index in [2.05, 4.69) is 22.0 Å². The van der Waals surface area contributed by atoms with Crippen molar-refractivity contribution in [1.82, 2.24) is 4.57 Å². The quantitative estimate of drug-likeness (QED) is 0.790. The van der Waals surface area contributed by atoms with Gasteiger partial charge in [-0.2, -0.15) is 0 Å². The van der Waals surface area contributed by atoms with Gasteiger partial charge in [-0.3, -0.25) is 4.79 Å². The van der Waals surface area contributed by atoms with Gasteiger partial charge in [-0.1, -0.05) is 0 Å². The standard InChI is InChI=1S/C11H10BrNOS/c1-8(14)11-3-2-4-13(11)6-10-5-9(12)7-15-10/h2-5,7H,6H2,1H3. The number of hydrogen-bond acceptors (Lipinski definition) is 2. The van der Waals surface area contributed by atoms with Crippen molar-refractivity contribution in [2.45, 2.75) is 13.5 Å². The first-order chi connectivity index (χ1) is 7.16. The minimum absolute atomic E-state index is 0.107. The zero-order valence-corrected chi connectivity index (χ0v) is 10.6. The first-order valence-corrected chi connectivity index (χ1v) is 6.23. The first-order valence-electron chi connectivity index (χ1n) is 4.56. The molecule has 0 N–H and O–H groups in total. The summed E-state index contributed by atoms with van der Waals surface area (Å²) < 4.78 is 3.07. The molecule has 0 bridgehead atoms. The average Bonchev–Trinajstić information content (AvgIpc) is 2.75. The Morgan fingerprint density at radius 2 is 2.40 bits per heavy atom. The zero-order chi connectivity index (χ0) is 10.8. The lowest BCUT2D eigenvalue weighted by atomic mass is 10.3. The molecule has 0 saturated heterocycles. The Hall–Kier alpha value is -0.870. The SMILES string of the molecule is CC(=O)c1cccn1Cc1cc(Br)cs1. The van der Waals surface area contributed by atoms with Crippen molar-refractivity contribution in [3.8, 4) is 0 Å². The van der Waals surface area contributed by atoms with Crippen LogP contribution >= 0.6 is 27.3 Å². The van der Waals surface area contributed by atoms with E-state index in [9.17, 15) is 4.79 Å². The molecule has 0 fully saturated rings. The van der Waals surface area contributed by atoms with Crippen LogP contribution in [-0.2, 0) is 6.54 Å². The van der Waals surface area contributed by atoms with Gasteiger partial charge in [0.2, 0.25) is 0 Å². The summed E-state index contributed by atoms with van der Waals surface area (Å²) in [5.74, 6) is 0.107. The summed E-state index contributed by atoms with van der Waals surface area (Å²) in [4.78, 5) is 12.5. The summed E-state index contributed by atoms with van der Waals surface area (Å²) in [5, 5.41) is 2.05. The van der Waals surface area contributed by atoms with Crippen molar-refractivity contribution in [2.75, 3.05) is 0 Å². The molecular formula is C11H10BrNOS. The molecule has 0 aliphatic carbocycles. The van der Waals surface area contributed by atoms with Crippen molar-refractivity contribution in [3.05, 3.63) is 44.8 Å². The Morgan fingerprint density at radius 3 is 3.00 bits per heavy atom. The first kappa shape index (κ1) is 10.6. The second-order valence-corrected chi connectivity index (χ2v) is 5.22. The van der Waals surface area contributed by atoms with Crippen LogP contribution in [0.15, 0.2) is 34.2 Å². The summed E-state index contributed by atoms with van der Waals surface area (Å²) in [5.41, 5.74) is 0.763. The third-order valence-electron chi connectivity index (χ3n) is 2.14. The molecule has 0 atom stereocenters. The van der Waals surface area contributed by atoms with E-state index in [0.29, 0.717) is 0 Å². The molecule has 0 spiro atoms. The zero-order valence-electron chi connectivity index (χ0n) is 8.24. The predicted octanol–water partition coefficient (Wildman–Crippen LogP) is 3.56. The summed E-state index contributed by atoms with van der Waals surface area (Å²) >= 11 is 5.11. The number of halogens is 1. The number of nitrogens with zero attached hydrogens (tertiary/aromatic N) is 1. The lowest BCUT2D eigenvalue weighted by Crippen LogP contribution is -2.05. The maximum atomic E-state index is 11.3. The molecule has 4 heteroatoms. The minimum atomic E-state index is 0.107. The van der Waals surface area contributed by atoms with Gasteiger partial charge >= 0.3 is 0 Å². The molecule has 0 aromatic carbocycles. The lowest BCUT2D eigenvalue weighted by Gasteiger charge is -2.04. The van der Waals surface area contributed by atoms with E-state index in [0.717, 1.165) is 16.7 Å². The van der Waals surface area contributed by atoms with E-state index in [1.165, 1.54) is 4.88 Å². The number of hydrogen-bond donors (Lipinski definition) is 0. The fourth-order valence-corrected chi connectivity index (χ4v) is 2.93. The molecule has 0 unspecified atom stereocenters. The second kappa shape index (κ2) is 4.33. The number of carbonyl (C=O) groups excluding carboxylic acids is 1. The van der Waals surface area contributed by atoms with Crippen LogP contribution in [0.5, 0.6) is 0 Å². The van der Waals surface area contributed by atoms with E-state index in [-0.39, 0.29) is 5.78 Å². The third-order valence-corrected chi connectivity index (χ3v) is 3.82. The molecule has 2 heterocycles. The Kier molecular flexibility index (Phi) is 3.07. The molecule has 0 saturated carbocycles. The third kappa shape index (κ3) is 2.38. The van der Waals surface area contributed by atoms with Crippen LogP contribution in [0.1, 0.15) is 22.3 Å². The predicted molar refractivity (Wildman–Crippen MR) is 65.6 cm³/mol. The molecule has 0 aliphatic heterocycles. The fourth-order valence-electron chi connectivity index (χ4n) is 1.48. The topological polar surface area (TPSA) is 22.0 Å². The highest BCUT2D eigenvalue weighted by atomic mass is 79.9. The van der Waals surface area contributed by atoms with Gasteiger partial charge in [0, 0.05) is 27.9 Å². The van der Waals surface area contributed by atoms with Crippen LogP contribution in [0, 0.1) is 0 Å². The number of thiophene rings is 1. The molecule has 2 nitrogen and oxygen atoms in total. The van der Waals surface area contributed by atoms with Gasteiger partial charge in [0.05, 0.1) is 12.2 Å². The highest BCUT2D eigenvalue weighted by molar-refractivity contribution is 9.10. The highest BCUT2D eigenvalue weighted by Crippen LogP contribution is 2.21. The van der Waals surface area contributed by atoms with Gasteiger partial charge in [0.15, 0.2) is 5.78 Å². The second-order valence-electron chi connectivity index (χ2n) is 3.31. The van der Waals surface area contributed by atoms with Crippen molar-refractivity contribution < 1.29 is 4.79 Å². The molecule has 78 valence electrons. The molecule has 2 rings (SSSR count). The minimum Gasteiger partial charge on any atom is -0.340 e. The molecule has 0 aliphatic rings. The van der Waals surface area contributed by atoms with E-state index in [1.807, 2.05) is 28.3 Å². The van der Waals surface area contributed by atoms with Crippen LogP contribution in [-0.4, -0.2) is 10.4 Å². The number of ketones is 1. The van der Waals surface area contributed by atoms with E-state index >= 15 is 0 Å². The molecule has 0 radical (unpaired) electrons. The molecule has 0 amide bonds. The van der Waals surface area contributed by atoms with Crippen LogP contribution in [0.25, 0.3) is 0 Å². The van der Waals surface area contributed by atoms with Crippen LogP contribution < -0.4 is 0 Å². The van der Waals surface area contributed by atoms with E-state index in [1.54, 1.807) is 18.3 Å². The monoisotopic (exact) mass is 283 g/mol. The molecular weight excluding hydrogens is 274 g/mol. The molecule has 2 aromatic heterocycles. The van der Waals surface area contributed by atoms with E-state index in [4.69, 9.17) is 0 Å². The maximum Gasteiger partial charge on any atom is 0.176 e. The average molecular weight is 284 g/mol. The van der Waals surface area contributed by atoms with Gasteiger partial charge in [-0.25, -0.2) is 0 Å². The van der Waals surface area contributed by atoms with Crippen LogP contribution in [0.2, 0.25) is 0 Å². The Labute approximate surface area is 101 Å².